The molecule has 0 N–H and O–H groups in total. The lowest BCUT2D eigenvalue weighted by atomic mass is 10.2. The number of nitrogens with zero attached hydrogens (tertiary/aromatic N) is 2. The van der Waals surface area contributed by atoms with Crippen LogP contribution in [0.1, 0.15) is 12.8 Å². The van der Waals surface area contributed by atoms with Gasteiger partial charge < -0.3 is 4.74 Å². The van der Waals surface area contributed by atoms with Crippen LogP contribution in [0.15, 0.2) is 60.0 Å². The molecule has 4 rings (SSSR count). The Bertz CT molecular complexity index is 890. The number of carbonyl (C=O) groups is 1. The molecule has 1 unspecified atom stereocenters. The molecular formula is C20H17FN2O2S. The molecule has 1 aliphatic heterocycles. The van der Waals surface area contributed by atoms with Gasteiger partial charge >= 0.3 is 0 Å². The number of ether oxygens (including phenoxy) is 1. The molecule has 2 aromatic carbocycles. The summed E-state index contributed by atoms with van der Waals surface area (Å²) in [5.41, 5.74) is 2.28. The highest BCUT2D eigenvalue weighted by molar-refractivity contribution is 7.14. The van der Waals surface area contributed by atoms with Crippen LogP contribution in [0, 0.1) is 5.82 Å². The molecule has 0 spiro atoms. The van der Waals surface area contributed by atoms with Gasteiger partial charge in [-0.2, -0.15) is 0 Å². The largest absolute Gasteiger partial charge is 0.368 e. The molecule has 1 aliphatic rings. The van der Waals surface area contributed by atoms with E-state index < -0.39 is 6.10 Å². The molecule has 1 fully saturated rings. The summed E-state index contributed by atoms with van der Waals surface area (Å²) in [5.74, 6) is -0.391. The van der Waals surface area contributed by atoms with E-state index in [1.807, 2.05) is 35.7 Å². The van der Waals surface area contributed by atoms with Crippen LogP contribution in [0.4, 0.5) is 15.2 Å². The minimum atomic E-state index is -0.437. The second kappa shape index (κ2) is 7.35. The molecule has 1 aromatic heterocycles. The van der Waals surface area contributed by atoms with Crippen molar-refractivity contribution in [2.24, 2.45) is 0 Å². The smallest absolute Gasteiger partial charge is 0.262 e. The van der Waals surface area contributed by atoms with Gasteiger partial charge in [0.15, 0.2) is 5.13 Å². The van der Waals surface area contributed by atoms with Gasteiger partial charge in [-0.05, 0) is 49.2 Å². The number of rotatable bonds is 4. The first kappa shape index (κ1) is 16.9. The van der Waals surface area contributed by atoms with Crippen LogP contribution < -0.4 is 4.90 Å². The second-order valence-corrected chi connectivity index (χ2v) is 6.87. The van der Waals surface area contributed by atoms with Gasteiger partial charge in [0.2, 0.25) is 0 Å². The normalized spacial score (nSPS) is 16.6. The van der Waals surface area contributed by atoms with Crippen LogP contribution in [0.25, 0.3) is 11.3 Å². The number of anilines is 2. The molecule has 0 radical (unpaired) electrons. The van der Waals surface area contributed by atoms with E-state index in [9.17, 15) is 9.18 Å². The fraction of sp³-hybridized carbons (Fsp3) is 0.200. The molecule has 1 atom stereocenters. The standard InChI is InChI=1S/C20H17FN2O2S/c21-15-10-8-14(9-11-15)17-13-26-20(22-17)23(16-5-2-1-3-6-16)19(24)18-7-4-12-25-18/h1-3,5-6,8-11,13,18H,4,7,12H2. The van der Waals surface area contributed by atoms with Gasteiger partial charge in [-0.3, -0.25) is 9.69 Å². The van der Waals surface area contributed by atoms with Gasteiger partial charge in [-0.25, -0.2) is 9.37 Å². The van der Waals surface area contributed by atoms with Gasteiger partial charge in [0, 0.05) is 17.6 Å². The van der Waals surface area contributed by atoms with Gasteiger partial charge in [-0.1, -0.05) is 18.2 Å². The lowest BCUT2D eigenvalue weighted by Crippen LogP contribution is -2.35. The number of hydrogen-bond donors (Lipinski definition) is 0. The average molecular weight is 368 g/mol. The highest BCUT2D eigenvalue weighted by atomic mass is 32.1. The SMILES string of the molecule is O=C(C1CCCO1)N(c1ccccc1)c1nc(-c2ccc(F)cc2)cs1. The zero-order chi connectivity index (χ0) is 17.9. The molecule has 132 valence electrons. The van der Waals surface area contributed by atoms with Crippen molar-refractivity contribution < 1.29 is 13.9 Å². The van der Waals surface area contributed by atoms with Gasteiger partial charge in [0.25, 0.3) is 5.91 Å². The van der Waals surface area contributed by atoms with E-state index in [-0.39, 0.29) is 11.7 Å². The zero-order valence-electron chi connectivity index (χ0n) is 14.0. The molecule has 0 aliphatic carbocycles. The molecule has 1 saturated heterocycles. The van der Waals surface area contributed by atoms with E-state index >= 15 is 0 Å². The Balaban J connectivity index is 1.70. The number of amides is 1. The van der Waals surface area contributed by atoms with E-state index in [4.69, 9.17) is 4.74 Å². The first-order valence-corrected chi connectivity index (χ1v) is 9.32. The number of carbonyl (C=O) groups excluding carboxylic acids is 1. The number of halogens is 1. The van der Waals surface area contributed by atoms with Crippen molar-refractivity contribution in [3.05, 3.63) is 65.8 Å². The van der Waals surface area contributed by atoms with Crippen molar-refractivity contribution in [2.45, 2.75) is 18.9 Å². The molecule has 0 saturated carbocycles. The molecule has 1 amide bonds. The highest BCUT2D eigenvalue weighted by Gasteiger charge is 2.31. The van der Waals surface area contributed by atoms with Crippen molar-refractivity contribution >= 4 is 28.1 Å². The van der Waals surface area contributed by atoms with Crippen LogP contribution in [0.2, 0.25) is 0 Å². The third-order valence-electron chi connectivity index (χ3n) is 4.26. The minimum absolute atomic E-state index is 0.103. The summed E-state index contributed by atoms with van der Waals surface area (Å²) < 4.78 is 18.7. The maximum Gasteiger partial charge on any atom is 0.262 e. The average Bonchev–Trinajstić information content (AvgIpc) is 3.36. The minimum Gasteiger partial charge on any atom is -0.368 e. The van der Waals surface area contributed by atoms with Crippen molar-refractivity contribution in [1.82, 2.24) is 4.98 Å². The maximum absolute atomic E-state index is 13.2. The Hall–Kier alpha value is -2.57. The van der Waals surface area contributed by atoms with E-state index in [0.717, 1.165) is 24.1 Å². The Morgan fingerprint density at radius 2 is 1.92 bits per heavy atom. The van der Waals surface area contributed by atoms with Crippen LogP contribution >= 0.6 is 11.3 Å². The van der Waals surface area contributed by atoms with Crippen LogP contribution in [0.3, 0.4) is 0 Å². The number of hydrogen-bond acceptors (Lipinski definition) is 4. The van der Waals surface area contributed by atoms with E-state index in [2.05, 4.69) is 4.98 Å². The third-order valence-corrected chi connectivity index (χ3v) is 5.09. The van der Waals surface area contributed by atoms with Crippen molar-refractivity contribution in [3.63, 3.8) is 0 Å². The second-order valence-electron chi connectivity index (χ2n) is 6.03. The summed E-state index contributed by atoms with van der Waals surface area (Å²) in [6.45, 7) is 0.609. The molecule has 3 aromatic rings. The van der Waals surface area contributed by atoms with Crippen LogP contribution in [-0.4, -0.2) is 23.6 Å². The summed E-state index contributed by atoms with van der Waals surface area (Å²) in [6.07, 6.45) is 1.17. The lowest BCUT2D eigenvalue weighted by Gasteiger charge is -2.22. The predicted molar refractivity (Wildman–Crippen MR) is 100 cm³/mol. The first-order valence-electron chi connectivity index (χ1n) is 8.44. The summed E-state index contributed by atoms with van der Waals surface area (Å²) in [6, 6.07) is 15.6. The number of thiazole rings is 1. The van der Waals surface area contributed by atoms with Gasteiger partial charge in [0.1, 0.15) is 11.9 Å². The van der Waals surface area contributed by atoms with Gasteiger partial charge in [-0.15, -0.1) is 11.3 Å². The molecule has 4 nitrogen and oxygen atoms in total. The number of aromatic nitrogens is 1. The Labute approximate surface area is 154 Å². The fourth-order valence-corrected chi connectivity index (χ4v) is 3.80. The molecule has 2 heterocycles. The molecule has 0 bridgehead atoms. The zero-order valence-corrected chi connectivity index (χ0v) is 14.8. The molecule has 6 heteroatoms. The summed E-state index contributed by atoms with van der Waals surface area (Å²) in [7, 11) is 0. The summed E-state index contributed by atoms with van der Waals surface area (Å²) in [4.78, 5) is 19.3. The highest BCUT2D eigenvalue weighted by Crippen LogP contribution is 2.34. The Morgan fingerprint density at radius 3 is 2.62 bits per heavy atom. The quantitative estimate of drug-likeness (QED) is 0.665. The summed E-state index contributed by atoms with van der Waals surface area (Å²) in [5, 5.41) is 2.46. The first-order chi connectivity index (χ1) is 12.7. The van der Waals surface area contributed by atoms with Crippen LogP contribution in [0.5, 0.6) is 0 Å². The van der Waals surface area contributed by atoms with Crippen molar-refractivity contribution in [1.29, 1.82) is 0 Å². The monoisotopic (exact) mass is 368 g/mol. The Kier molecular flexibility index (Phi) is 4.77. The lowest BCUT2D eigenvalue weighted by molar-refractivity contribution is -0.126. The predicted octanol–water partition coefficient (Wildman–Crippen LogP) is 4.79. The number of para-hydroxylation sites is 1. The van der Waals surface area contributed by atoms with Gasteiger partial charge in [0.05, 0.1) is 11.4 Å². The molecule has 26 heavy (non-hydrogen) atoms. The third kappa shape index (κ3) is 3.38. The van der Waals surface area contributed by atoms with E-state index in [0.29, 0.717) is 17.4 Å². The fourth-order valence-electron chi connectivity index (χ4n) is 2.95. The number of benzene rings is 2. The summed E-state index contributed by atoms with van der Waals surface area (Å²) >= 11 is 1.38. The van der Waals surface area contributed by atoms with Crippen molar-refractivity contribution in [3.8, 4) is 11.3 Å². The Morgan fingerprint density at radius 1 is 1.15 bits per heavy atom. The van der Waals surface area contributed by atoms with Crippen molar-refractivity contribution in [2.75, 3.05) is 11.5 Å². The topological polar surface area (TPSA) is 42.4 Å². The molecular weight excluding hydrogens is 351 g/mol. The van der Waals surface area contributed by atoms with E-state index in [1.54, 1.807) is 17.0 Å². The van der Waals surface area contributed by atoms with E-state index in [1.165, 1.54) is 23.5 Å². The van der Waals surface area contributed by atoms with Crippen LogP contribution in [-0.2, 0) is 9.53 Å². The maximum atomic E-state index is 13.2.